The Morgan fingerprint density at radius 2 is 0.937 bits per heavy atom. The van der Waals surface area contributed by atoms with Gasteiger partial charge in [0.1, 0.15) is 42.3 Å². The van der Waals surface area contributed by atoms with Gasteiger partial charge in [-0.05, 0) is 95.3 Å². The zero-order chi connectivity index (χ0) is 45.7. The van der Waals surface area contributed by atoms with Crippen LogP contribution in [0.25, 0.3) is 0 Å². The van der Waals surface area contributed by atoms with E-state index in [-0.39, 0.29) is 61.5 Å². The van der Waals surface area contributed by atoms with Crippen LogP contribution in [0.2, 0.25) is 0 Å². The Balaban J connectivity index is 1.12. The SMILES string of the molecule is CC[C@H](C)[C@H](NC(=O)[C@H](CC(C)C)NC(=O)[C@@H]1CCCN1C(=O)[C@@H]1CCCN1C(=O)C[NH3+])C(=O)N1CCC[C@H]1C(=O)N1CCC[C@H]1C(=O)N1CCC[C@H]1C(=O)N1CCC[C@H]1C(=O)[O-]. The molecule has 0 bridgehead atoms. The lowest BCUT2D eigenvalue weighted by atomic mass is 9.95. The van der Waals surface area contributed by atoms with E-state index in [1.54, 1.807) is 4.90 Å². The van der Waals surface area contributed by atoms with Crippen molar-refractivity contribution in [3.63, 3.8) is 0 Å². The van der Waals surface area contributed by atoms with Crippen LogP contribution in [0.15, 0.2) is 0 Å². The number of rotatable bonds is 15. The fraction of sp³-hybridized carbons (Fsp3) is 0.795. The van der Waals surface area contributed by atoms with E-state index >= 15 is 0 Å². The van der Waals surface area contributed by atoms with E-state index in [9.17, 15) is 48.3 Å². The first-order valence-corrected chi connectivity index (χ1v) is 23.5. The molecule has 19 nitrogen and oxygen atoms in total. The van der Waals surface area contributed by atoms with E-state index in [0.717, 1.165) is 0 Å². The summed E-state index contributed by atoms with van der Waals surface area (Å²) in [5.74, 6) is -4.72. The van der Waals surface area contributed by atoms with Crippen LogP contribution in [0, 0.1) is 11.8 Å². The highest BCUT2D eigenvalue weighted by Gasteiger charge is 2.49. The van der Waals surface area contributed by atoms with Gasteiger partial charge >= 0.3 is 0 Å². The van der Waals surface area contributed by atoms with E-state index in [0.29, 0.717) is 110 Å². The lowest BCUT2D eigenvalue weighted by Crippen LogP contribution is -2.61. The number of carboxylic acids is 1. The molecule has 0 unspecified atom stereocenters. The van der Waals surface area contributed by atoms with Crippen LogP contribution in [0.4, 0.5) is 0 Å². The first kappa shape index (κ1) is 47.7. The third kappa shape index (κ3) is 10.1. The Hall–Kier alpha value is -4.81. The maximum Gasteiger partial charge on any atom is 0.278 e. The fourth-order valence-corrected chi connectivity index (χ4v) is 10.8. The fourth-order valence-electron chi connectivity index (χ4n) is 10.8. The number of quaternary nitrogens is 1. The molecular weight excluding hydrogens is 815 g/mol. The van der Waals surface area contributed by atoms with Gasteiger partial charge in [-0.25, -0.2) is 0 Å². The zero-order valence-corrected chi connectivity index (χ0v) is 37.6. The largest absolute Gasteiger partial charge is 0.548 e. The highest BCUT2D eigenvalue weighted by Crippen LogP contribution is 2.31. The molecule has 63 heavy (non-hydrogen) atoms. The maximum absolute atomic E-state index is 14.6. The number of hydrogen-bond donors (Lipinski definition) is 3. The summed E-state index contributed by atoms with van der Waals surface area (Å²) in [5, 5.41) is 17.6. The number of hydrogen-bond acceptors (Lipinski definition) is 10. The molecule has 0 aliphatic carbocycles. The number of carbonyl (C=O) groups excluding carboxylic acids is 9. The molecule has 5 N–H and O–H groups in total. The second-order valence-electron chi connectivity index (χ2n) is 18.8. The maximum atomic E-state index is 14.6. The number of carbonyl (C=O) groups is 9. The molecule has 19 heteroatoms. The van der Waals surface area contributed by atoms with Gasteiger partial charge < -0.3 is 55.7 Å². The molecule has 9 atom stereocenters. The van der Waals surface area contributed by atoms with Crippen molar-refractivity contribution < 1.29 is 54.0 Å². The van der Waals surface area contributed by atoms with Gasteiger partial charge in [0.2, 0.25) is 41.4 Å². The highest BCUT2D eigenvalue weighted by molar-refractivity contribution is 5.99. The summed E-state index contributed by atoms with van der Waals surface area (Å²) >= 11 is 0. The predicted molar refractivity (Wildman–Crippen MR) is 224 cm³/mol. The van der Waals surface area contributed by atoms with Crippen LogP contribution < -0.4 is 21.5 Å². The quantitative estimate of drug-likeness (QED) is 0.163. The summed E-state index contributed by atoms with van der Waals surface area (Å²) in [5.41, 5.74) is 3.68. The van der Waals surface area contributed by atoms with Crippen molar-refractivity contribution >= 4 is 53.2 Å². The average molecular weight is 884 g/mol. The van der Waals surface area contributed by atoms with Crippen LogP contribution in [-0.4, -0.2) is 177 Å². The van der Waals surface area contributed by atoms with E-state index < -0.39 is 77.9 Å². The molecule has 0 radical (unpaired) electrons. The van der Waals surface area contributed by atoms with Crippen LogP contribution in [0.1, 0.15) is 118 Å². The van der Waals surface area contributed by atoms with Gasteiger partial charge in [-0.1, -0.05) is 34.1 Å². The first-order chi connectivity index (χ1) is 30.1. The van der Waals surface area contributed by atoms with Gasteiger partial charge in [-0.3, -0.25) is 38.4 Å². The summed E-state index contributed by atoms with van der Waals surface area (Å²) < 4.78 is 0. The lowest BCUT2D eigenvalue weighted by molar-refractivity contribution is -0.357. The molecule has 6 rings (SSSR count). The molecule has 0 aromatic heterocycles. The molecule has 6 saturated heterocycles. The normalized spacial score (nSPS) is 27.5. The van der Waals surface area contributed by atoms with Crippen molar-refractivity contribution in [2.75, 3.05) is 45.8 Å². The second kappa shape index (κ2) is 20.8. The van der Waals surface area contributed by atoms with E-state index in [1.165, 1.54) is 24.5 Å². The third-order valence-electron chi connectivity index (χ3n) is 14.3. The van der Waals surface area contributed by atoms with Crippen molar-refractivity contribution in [2.24, 2.45) is 11.8 Å². The topological polar surface area (TPSA) is 248 Å². The minimum absolute atomic E-state index is 0.0225. The number of amides is 8. The van der Waals surface area contributed by atoms with Crippen molar-refractivity contribution in [1.29, 1.82) is 0 Å². The zero-order valence-electron chi connectivity index (χ0n) is 37.6. The van der Waals surface area contributed by atoms with Gasteiger partial charge in [-0.2, -0.15) is 0 Å². The van der Waals surface area contributed by atoms with Crippen molar-refractivity contribution in [1.82, 2.24) is 40.0 Å². The summed E-state index contributed by atoms with van der Waals surface area (Å²) in [6.07, 6.45) is 6.66. The number of likely N-dealkylation sites (tertiary alicyclic amines) is 6. The Bertz CT molecular complexity index is 1780. The summed E-state index contributed by atoms with van der Waals surface area (Å²) in [7, 11) is 0. The highest BCUT2D eigenvalue weighted by atomic mass is 16.4. The van der Waals surface area contributed by atoms with Gasteiger partial charge in [0.25, 0.3) is 5.91 Å². The summed E-state index contributed by atoms with van der Waals surface area (Å²) in [6.45, 7) is 9.62. The van der Waals surface area contributed by atoms with Crippen LogP contribution in [-0.2, 0) is 43.2 Å². The Morgan fingerprint density at radius 3 is 1.38 bits per heavy atom. The molecule has 0 spiro atoms. The summed E-state index contributed by atoms with van der Waals surface area (Å²) in [6, 6.07) is -7.04. The molecule has 6 heterocycles. The molecule has 6 fully saturated rings. The Labute approximate surface area is 370 Å². The molecule has 0 aromatic rings. The Morgan fingerprint density at radius 1 is 0.556 bits per heavy atom. The Kier molecular flexibility index (Phi) is 15.7. The van der Waals surface area contributed by atoms with Crippen molar-refractivity contribution in [3.05, 3.63) is 0 Å². The molecule has 0 aromatic carbocycles. The standard InChI is InChI=1S/C44H69N9O10/c1-5-27(4)36(47-37(55)28(24-26(2)3)46-38(56)29-12-6-19-49(29)39(57)30-13-7-18-48(30)35(54)25-45)43(61)52-22-10-16-33(52)41(59)50-20-8-14-31(50)40(58)51-21-9-15-32(51)42(60)53-23-11-17-34(53)44(62)63/h26-34,36H,5-25,45H2,1-4H3,(H,46,56)(H,47,55)(H,62,63)/t27-,28-,29-,30-,31-,32-,33-,34-,36-/m0/s1. The predicted octanol–water partition coefficient (Wildman–Crippen LogP) is -2.01. The van der Waals surface area contributed by atoms with Crippen LogP contribution >= 0.6 is 0 Å². The van der Waals surface area contributed by atoms with Crippen molar-refractivity contribution in [3.8, 4) is 0 Å². The minimum Gasteiger partial charge on any atom is -0.548 e. The molecule has 8 amide bonds. The number of aliphatic carboxylic acids is 1. The molecular formula is C44H69N9O10. The monoisotopic (exact) mass is 884 g/mol. The molecule has 6 aliphatic rings. The van der Waals surface area contributed by atoms with Gasteiger partial charge in [0, 0.05) is 39.3 Å². The third-order valence-corrected chi connectivity index (χ3v) is 14.3. The van der Waals surface area contributed by atoms with Crippen LogP contribution in [0.5, 0.6) is 0 Å². The van der Waals surface area contributed by atoms with Gasteiger partial charge in [0.15, 0.2) is 6.54 Å². The number of nitrogens with zero attached hydrogens (tertiary/aromatic N) is 6. The molecule has 350 valence electrons. The molecule has 6 aliphatic heterocycles. The van der Waals surface area contributed by atoms with E-state index in [2.05, 4.69) is 16.4 Å². The number of nitrogens with one attached hydrogen (secondary N) is 2. The van der Waals surface area contributed by atoms with Gasteiger partial charge in [0.05, 0.1) is 12.0 Å². The smallest absolute Gasteiger partial charge is 0.278 e. The van der Waals surface area contributed by atoms with Crippen LogP contribution in [0.3, 0.4) is 0 Å². The lowest BCUT2D eigenvalue weighted by Gasteiger charge is -2.37. The second-order valence-corrected chi connectivity index (χ2v) is 18.8. The summed E-state index contributed by atoms with van der Waals surface area (Å²) in [4.78, 5) is 132. The van der Waals surface area contributed by atoms with Gasteiger partial charge in [-0.15, -0.1) is 0 Å². The minimum atomic E-state index is -1.31. The number of carboxylic acid groups (broad SMARTS) is 1. The van der Waals surface area contributed by atoms with Crippen molar-refractivity contribution in [2.45, 2.75) is 166 Å². The van der Waals surface area contributed by atoms with E-state index in [1.807, 2.05) is 27.7 Å². The molecule has 0 saturated carbocycles. The first-order valence-electron chi connectivity index (χ1n) is 23.5. The average Bonchev–Trinajstić information content (AvgIpc) is 4.12. The van der Waals surface area contributed by atoms with E-state index in [4.69, 9.17) is 0 Å².